The second-order valence-corrected chi connectivity index (χ2v) is 9.15. The molecule has 1 aliphatic heterocycles. The van der Waals surface area contributed by atoms with Gasteiger partial charge < -0.3 is 5.11 Å². The van der Waals surface area contributed by atoms with Gasteiger partial charge in [0.2, 0.25) is 10.0 Å². The number of aromatic carboxylic acids is 1. The third kappa shape index (κ3) is 5.97. The van der Waals surface area contributed by atoms with Gasteiger partial charge in [-0.05, 0) is 36.8 Å². The van der Waals surface area contributed by atoms with Crippen molar-refractivity contribution in [2.45, 2.75) is 11.8 Å². The van der Waals surface area contributed by atoms with E-state index in [0.29, 0.717) is 31.7 Å². The molecule has 2 aromatic carbocycles. The number of rotatable bonds is 7. The van der Waals surface area contributed by atoms with Crippen LogP contribution in [0.5, 0.6) is 0 Å². The molecule has 31 heavy (non-hydrogen) atoms. The molecule has 0 aromatic heterocycles. The zero-order chi connectivity index (χ0) is 22.4. The van der Waals surface area contributed by atoms with Gasteiger partial charge in [-0.2, -0.15) is 9.41 Å². The third-order valence-corrected chi connectivity index (χ3v) is 6.83. The van der Waals surface area contributed by atoms with E-state index < -0.39 is 16.0 Å². The van der Waals surface area contributed by atoms with Crippen LogP contribution in [-0.2, 0) is 14.8 Å². The molecule has 1 heterocycles. The van der Waals surface area contributed by atoms with Gasteiger partial charge >= 0.3 is 5.97 Å². The summed E-state index contributed by atoms with van der Waals surface area (Å²) < 4.78 is 26.9. The van der Waals surface area contributed by atoms with Gasteiger partial charge in [-0.15, -0.1) is 0 Å². The van der Waals surface area contributed by atoms with Crippen molar-refractivity contribution >= 4 is 28.1 Å². The summed E-state index contributed by atoms with van der Waals surface area (Å²) in [7, 11) is -3.54. The molecule has 10 heteroatoms. The highest BCUT2D eigenvalue weighted by molar-refractivity contribution is 7.89. The first kappa shape index (κ1) is 22.6. The summed E-state index contributed by atoms with van der Waals surface area (Å²) in [6.45, 7) is 3.51. The molecule has 1 saturated heterocycles. The average molecular weight is 445 g/mol. The van der Waals surface area contributed by atoms with Crippen LogP contribution < -0.4 is 5.43 Å². The van der Waals surface area contributed by atoms with E-state index in [1.165, 1.54) is 22.7 Å². The Morgan fingerprint density at radius 2 is 1.65 bits per heavy atom. The first-order valence-electron chi connectivity index (χ1n) is 9.70. The Morgan fingerprint density at radius 3 is 2.23 bits per heavy atom. The third-order valence-electron chi connectivity index (χ3n) is 4.92. The van der Waals surface area contributed by atoms with E-state index in [1.807, 2.05) is 11.8 Å². The molecule has 3 rings (SSSR count). The topological polar surface area (TPSA) is 119 Å². The summed E-state index contributed by atoms with van der Waals surface area (Å²) in [6, 6.07) is 12.9. The first-order valence-corrected chi connectivity index (χ1v) is 11.1. The van der Waals surface area contributed by atoms with E-state index in [9.17, 15) is 18.0 Å². The molecule has 2 aromatic rings. The fourth-order valence-electron chi connectivity index (χ4n) is 3.12. The Labute approximate surface area is 181 Å². The summed E-state index contributed by atoms with van der Waals surface area (Å²) in [5.74, 6) is -1.32. The number of hydrogen-bond acceptors (Lipinski definition) is 6. The van der Waals surface area contributed by atoms with Crippen LogP contribution in [0.1, 0.15) is 21.5 Å². The van der Waals surface area contributed by atoms with Crippen LogP contribution in [-0.4, -0.2) is 73.5 Å². The largest absolute Gasteiger partial charge is 0.478 e. The van der Waals surface area contributed by atoms with Crippen molar-refractivity contribution in [1.29, 1.82) is 0 Å². The molecule has 1 aliphatic rings. The molecule has 1 fully saturated rings. The van der Waals surface area contributed by atoms with Crippen molar-refractivity contribution in [2.24, 2.45) is 5.10 Å². The standard InChI is InChI=1S/C21H24N4O5S/c1-16-2-8-19(9-3-16)31(29,30)25-12-10-24(11-13-25)15-20(26)23-22-14-17-4-6-18(7-5-17)21(27)28/h2-9,14H,10-13,15H2,1H3,(H,23,26)(H,27,28)/b22-14-. The molecule has 0 spiro atoms. The molecule has 0 aliphatic carbocycles. The van der Waals surface area contributed by atoms with Crippen molar-refractivity contribution in [3.63, 3.8) is 0 Å². The molecule has 0 saturated carbocycles. The first-order chi connectivity index (χ1) is 14.8. The molecular weight excluding hydrogens is 420 g/mol. The predicted octanol–water partition coefficient (Wildman–Crippen LogP) is 1.15. The minimum absolute atomic E-state index is 0.105. The highest BCUT2D eigenvalue weighted by Crippen LogP contribution is 2.18. The summed E-state index contributed by atoms with van der Waals surface area (Å²) in [5, 5.41) is 12.8. The summed E-state index contributed by atoms with van der Waals surface area (Å²) in [5.41, 5.74) is 4.25. The van der Waals surface area contributed by atoms with Crippen molar-refractivity contribution in [1.82, 2.24) is 14.6 Å². The molecule has 164 valence electrons. The van der Waals surface area contributed by atoms with Gasteiger partial charge in [-0.1, -0.05) is 29.8 Å². The van der Waals surface area contributed by atoms with Crippen molar-refractivity contribution in [3.05, 3.63) is 65.2 Å². The monoisotopic (exact) mass is 444 g/mol. The molecule has 1 amide bonds. The Kier molecular flexibility index (Phi) is 7.16. The molecular formula is C21H24N4O5S. The van der Waals surface area contributed by atoms with Crippen LogP contribution >= 0.6 is 0 Å². The zero-order valence-electron chi connectivity index (χ0n) is 17.1. The van der Waals surface area contributed by atoms with Crippen molar-refractivity contribution in [2.75, 3.05) is 32.7 Å². The number of carboxylic acid groups (broad SMARTS) is 1. The van der Waals surface area contributed by atoms with Gasteiger partial charge in [-0.3, -0.25) is 9.69 Å². The van der Waals surface area contributed by atoms with E-state index in [1.54, 1.807) is 36.4 Å². The fourth-order valence-corrected chi connectivity index (χ4v) is 4.54. The second-order valence-electron chi connectivity index (χ2n) is 7.21. The molecule has 9 nitrogen and oxygen atoms in total. The van der Waals surface area contributed by atoms with Crippen molar-refractivity contribution < 1.29 is 23.1 Å². The molecule has 0 radical (unpaired) electrons. The number of nitrogens with one attached hydrogen (secondary N) is 1. The normalized spacial score (nSPS) is 15.8. The number of carbonyl (C=O) groups is 2. The molecule has 0 unspecified atom stereocenters. The van der Waals surface area contributed by atoms with Gasteiger partial charge in [0.25, 0.3) is 5.91 Å². The maximum absolute atomic E-state index is 12.7. The Bertz CT molecular complexity index is 1060. The number of piperazine rings is 1. The Hall–Kier alpha value is -3.08. The average Bonchev–Trinajstić information content (AvgIpc) is 2.75. The highest BCUT2D eigenvalue weighted by atomic mass is 32.2. The van der Waals surface area contributed by atoms with E-state index in [0.717, 1.165) is 5.56 Å². The van der Waals surface area contributed by atoms with Crippen LogP contribution in [0, 0.1) is 6.92 Å². The molecule has 0 bridgehead atoms. The smallest absolute Gasteiger partial charge is 0.335 e. The number of sulfonamides is 1. The van der Waals surface area contributed by atoms with Crippen molar-refractivity contribution in [3.8, 4) is 0 Å². The van der Waals surface area contributed by atoms with Gasteiger partial charge in [0, 0.05) is 26.2 Å². The quantitative estimate of drug-likeness (QED) is 0.488. The lowest BCUT2D eigenvalue weighted by molar-refractivity contribution is -0.122. The van der Waals surface area contributed by atoms with E-state index in [2.05, 4.69) is 10.5 Å². The number of carbonyl (C=O) groups excluding carboxylic acids is 1. The number of amides is 1. The number of aryl methyl sites for hydroxylation is 1. The lowest BCUT2D eigenvalue weighted by atomic mass is 10.1. The van der Waals surface area contributed by atoms with Gasteiger partial charge in [0.05, 0.1) is 23.2 Å². The SMILES string of the molecule is Cc1ccc(S(=O)(=O)N2CCN(CC(=O)N/N=C\c3ccc(C(=O)O)cc3)CC2)cc1. The zero-order valence-corrected chi connectivity index (χ0v) is 17.9. The lowest BCUT2D eigenvalue weighted by Gasteiger charge is -2.33. The maximum atomic E-state index is 12.7. The maximum Gasteiger partial charge on any atom is 0.335 e. The number of carboxylic acids is 1. The lowest BCUT2D eigenvalue weighted by Crippen LogP contribution is -2.50. The number of benzene rings is 2. The van der Waals surface area contributed by atoms with E-state index in [4.69, 9.17) is 5.11 Å². The number of nitrogens with zero attached hydrogens (tertiary/aromatic N) is 3. The van der Waals surface area contributed by atoms with Crippen LogP contribution in [0.4, 0.5) is 0 Å². The number of hydrogen-bond donors (Lipinski definition) is 2. The fraction of sp³-hybridized carbons (Fsp3) is 0.286. The van der Waals surface area contributed by atoms with E-state index in [-0.39, 0.29) is 22.9 Å². The highest BCUT2D eigenvalue weighted by Gasteiger charge is 2.28. The van der Waals surface area contributed by atoms with Crippen LogP contribution in [0.15, 0.2) is 58.5 Å². The van der Waals surface area contributed by atoms with Gasteiger partial charge in [0.1, 0.15) is 0 Å². The summed E-state index contributed by atoms with van der Waals surface area (Å²) in [4.78, 5) is 25.1. The molecule has 0 atom stereocenters. The molecule has 2 N–H and O–H groups in total. The van der Waals surface area contributed by atoms with Crippen LogP contribution in [0.3, 0.4) is 0 Å². The minimum Gasteiger partial charge on any atom is -0.478 e. The van der Waals surface area contributed by atoms with Crippen LogP contribution in [0.25, 0.3) is 0 Å². The summed E-state index contributed by atoms with van der Waals surface area (Å²) >= 11 is 0. The Balaban J connectivity index is 1.46. The van der Waals surface area contributed by atoms with E-state index >= 15 is 0 Å². The minimum atomic E-state index is -3.54. The predicted molar refractivity (Wildman–Crippen MR) is 116 cm³/mol. The Morgan fingerprint density at radius 1 is 1.03 bits per heavy atom. The van der Waals surface area contributed by atoms with Gasteiger partial charge in [0.15, 0.2) is 0 Å². The second kappa shape index (κ2) is 9.82. The van der Waals surface area contributed by atoms with Crippen LogP contribution in [0.2, 0.25) is 0 Å². The van der Waals surface area contributed by atoms with Gasteiger partial charge in [-0.25, -0.2) is 18.6 Å². The number of hydrazone groups is 1. The summed E-state index contributed by atoms with van der Waals surface area (Å²) in [6.07, 6.45) is 1.43.